The van der Waals surface area contributed by atoms with Crippen molar-refractivity contribution in [3.05, 3.63) is 81.1 Å². The van der Waals surface area contributed by atoms with Crippen LogP contribution in [-0.4, -0.2) is 9.78 Å². The molecule has 1 aliphatic carbocycles. The average Bonchev–Trinajstić information content (AvgIpc) is 2.55. The van der Waals surface area contributed by atoms with Crippen LogP contribution >= 0.6 is 11.6 Å². The quantitative estimate of drug-likeness (QED) is 0.688. The lowest BCUT2D eigenvalue weighted by Crippen LogP contribution is -2.24. The second-order valence-corrected chi connectivity index (χ2v) is 5.84. The van der Waals surface area contributed by atoms with Gasteiger partial charge < -0.3 is 0 Å². The maximum Gasteiger partial charge on any atom is 0.271 e. The maximum atomic E-state index is 12.3. The Balaban J connectivity index is 1.97. The van der Waals surface area contributed by atoms with Gasteiger partial charge in [0.2, 0.25) is 0 Å². The predicted octanol–water partition coefficient (Wildman–Crippen LogP) is 3.65. The van der Waals surface area contributed by atoms with E-state index in [-0.39, 0.29) is 5.56 Å². The van der Waals surface area contributed by atoms with Crippen LogP contribution in [0.5, 0.6) is 0 Å². The van der Waals surface area contributed by atoms with Crippen LogP contribution in [0, 0.1) is 0 Å². The number of hydrogen-bond donors (Lipinski definition) is 0. The molecule has 0 aliphatic heterocycles. The molecule has 108 valence electrons. The van der Waals surface area contributed by atoms with Gasteiger partial charge in [0.25, 0.3) is 5.56 Å². The Bertz CT molecular complexity index is 916. The molecular formula is C18H13ClN2O. The monoisotopic (exact) mass is 308 g/mol. The van der Waals surface area contributed by atoms with Crippen molar-refractivity contribution in [1.29, 1.82) is 0 Å². The fraction of sp³-hybridized carbons (Fsp3) is 0.111. The third kappa shape index (κ3) is 2.14. The zero-order valence-corrected chi connectivity index (χ0v) is 12.5. The van der Waals surface area contributed by atoms with Crippen LogP contribution in [0.2, 0.25) is 5.02 Å². The summed E-state index contributed by atoms with van der Waals surface area (Å²) in [5.74, 6) is 0. The van der Waals surface area contributed by atoms with Crippen molar-refractivity contribution in [3.63, 3.8) is 0 Å². The third-order valence-corrected chi connectivity index (χ3v) is 4.24. The molecular weight excluding hydrogens is 296 g/mol. The van der Waals surface area contributed by atoms with Crippen molar-refractivity contribution in [2.45, 2.75) is 12.8 Å². The molecule has 1 aromatic heterocycles. The Labute approximate surface area is 132 Å². The molecule has 0 spiro atoms. The smallest absolute Gasteiger partial charge is 0.267 e. The number of para-hydroxylation sites is 1. The standard InChI is InChI=1S/C18H13ClN2O/c19-14-9-8-12-6-7-13-10-17(22)21(15-4-2-1-3-5-15)20-18(13)16(12)11-14/h1-5,8-11H,6-7H2. The third-order valence-electron chi connectivity index (χ3n) is 4.00. The van der Waals surface area contributed by atoms with Gasteiger partial charge in [0.05, 0.1) is 11.4 Å². The number of aryl methyl sites for hydroxylation is 2. The van der Waals surface area contributed by atoms with E-state index in [0.717, 1.165) is 35.3 Å². The first kappa shape index (κ1) is 13.3. The molecule has 3 nitrogen and oxygen atoms in total. The topological polar surface area (TPSA) is 34.9 Å². The summed E-state index contributed by atoms with van der Waals surface area (Å²) in [5, 5.41) is 5.30. The first-order valence-corrected chi connectivity index (χ1v) is 7.58. The highest BCUT2D eigenvalue weighted by Gasteiger charge is 2.20. The molecule has 4 rings (SSSR count). The molecule has 0 fully saturated rings. The first-order valence-electron chi connectivity index (χ1n) is 7.20. The fourth-order valence-corrected chi connectivity index (χ4v) is 3.09. The molecule has 22 heavy (non-hydrogen) atoms. The SMILES string of the molecule is O=c1cc2c(nn1-c1ccccc1)-c1cc(Cl)ccc1CC2. The number of aromatic nitrogens is 2. The van der Waals surface area contributed by atoms with E-state index >= 15 is 0 Å². The molecule has 0 N–H and O–H groups in total. The Morgan fingerprint density at radius 3 is 2.55 bits per heavy atom. The van der Waals surface area contributed by atoms with Gasteiger partial charge >= 0.3 is 0 Å². The number of fused-ring (bicyclic) bond motifs is 3. The van der Waals surface area contributed by atoms with Gasteiger partial charge in [-0.3, -0.25) is 4.79 Å². The maximum absolute atomic E-state index is 12.3. The molecule has 0 saturated carbocycles. The largest absolute Gasteiger partial charge is 0.271 e. The van der Waals surface area contributed by atoms with Crippen LogP contribution in [0.4, 0.5) is 0 Å². The molecule has 0 unspecified atom stereocenters. The van der Waals surface area contributed by atoms with Crippen LogP contribution in [0.3, 0.4) is 0 Å². The van der Waals surface area contributed by atoms with Crippen LogP contribution in [0.15, 0.2) is 59.4 Å². The molecule has 0 atom stereocenters. The van der Waals surface area contributed by atoms with Crippen molar-refractivity contribution in [3.8, 4) is 16.9 Å². The predicted molar refractivity (Wildman–Crippen MR) is 87.7 cm³/mol. The lowest BCUT2D eigenvalue weighted by atomic mass is 9.89. The molecule has 2 aromatic carbocycles. The Morgan fingerprint density at radius 2 is 1.73 bits per heavy atom. The van der Waals surface area contributed by atoms with Crippen LogP contribution < -0.4 is 5.56 Å². The average molecular weight is 309 g/mol. The van der Waals surface area contributed by atoms with Gasteiger partial charge in [-0.15, -0.1) is 0 Å². The molecule has 0 amide bonds. The lowest BCUT2D eigenvalue weighted by Gasteiger charge is -2.19. The fourth-order valence-electron chi connectivity index (χ4n) is 2.92. The summed E-state index contributed by atoms with van der Waals surface area (Å²) in [6, 6.07) is 17.0. The summed E-state index contributed by atoms with van der Waals surface area (Å²) in [4.78, 5) is 12.3. The van der Waals surface area contributed by atoms with E-state index < -0.39 is 0 Å². The van der Waals surface area contributed by atoms with E-state index in [2.05, 4.69) is 5.10 Å². The van der Waals surface area contributed by atoms with Gasteiger partial charge in [0.15, 0.2) is 0 Å². The molecule has 4 heteroatoms. The first-order chi connectivity index (χ1) is 10.7. The minimum Gasteiger partial charge on any atom is -0.267 e. The lowest BCUT2D eigenvalue weighted by molar-refractivity contribution is 0.783. The summed E-state index contributed by atoms with van der Waals surface area (Å²) in [6.45, 7) is 0. The van der Waals surface area contributed by atoms with Crippen molar-refractivity contribution in [2.75, 3.05) is 0 Å². The van der Waals surface area contributed by atoms with E-state index in [1.807, 2.05) is 48.5 Å². The Morgan fingerprint density at radius 1 is 0.955 bits per heavy atom. The van der Waals surface area contributed by atoms with E-state index in [0.29, 0.717) is 5.02 Å². The summed E-state index contributed by atoms with van der Waals surface area (Å²) in [5.41, 5.74) is 4.76. The second-order valence-electron chi connectivity index (χ2n) is 5.41. The van der Waals surface area contributed by atoms with Crippen molar-refractivity contribution >= 4 is 11.6 Å². The normalized spacial score (nSPS) is 12.6. The number of halogens is 1. The molecule has 0 bridgehead atoms. The van der Waals surface area contributed by atoms with Gasteiger partial charge in [-0.05, 0) is 48.2 Å². The molecule has 0 radical (unpaired) electrons. The summed E-state index contributed by atoms with van der Waals surface area (Å²) in [6.07, 6.45) is 1.75. The minimum absolute atomic E-state index is 0.101. The summed E-state index contributed by atoms with van der Waals surface area (Å²) in [7, 11) is 0. The van der Waals surface area contributed by atoms with Crippen molar-refractivity contribution < 1.29 is 0 Å². The van der Waals surface area contributed by atoms with Crippen molar-refractivity contribution in [2.24, 2.45) is 0 Å². The zero-order chi connectivity index (χ0) is 15.1. The van der Waals surface area contributed by atoms with E-state index in [1.54, 1.807) is 6.07 Å². The zero-order valence-electron chi connectivity index (χ0n) is 11.8. The van der Waals surface area contributed by atoms with Gasteiger partial charge in [-0.25, -0.2) is 0 Å². The van der Waals surface area contributed by atoms with E-state index in [4.69, 9.17) is 11.6 Å². The van der Waals surface area contributed by atoms with E-state index in [9.17, 15) is 4.79 Å². The number of rotatable bonds is 1. The highest BCUT2D eigenvalue weighted by atomic mass is 35.5. The van der Waals surface area contributed by atoms with Crippen molar-refractivity contribution in [1.82, 2.24) is 9.78 Å². The number of hydrogen-bond acceptors (Lipinski definition) is 2. The highest BCUT2D eigenvalue weighted by Crippen LogP contribution is 2.33. The second kappa shape index (κ2) is 5.11. The van der Waals surface area contributed by atoms with E-state index in [1.165, 1.54) is 10.2 Å². The van der Waals surface area contributed by atoms with Crippen LogP contribution in [0.1, 0.15) is 11.1 Å². The minimum atomic E-state index is -0.101. The van der Waals surface area contributed by atoms with Gasteiger partial charge in [0.1, 0.15) is 0 Å². The molecule has 1 aliphatic rings. The molecule has 1 heterocycles. The van der Waals surface area contributed by atoms with Gasteiger partial charge in [0, 0.05) is 16.7 Å². The van der Waals surface area contributed by atoms with Crippen LogP contribution in [0.25, 0.3) is 16.9 Å². The Kier molecular flexibility index (Phi) is 3.09. The number of benzene rings is 2. The van der Waals surface area contributed by atoms with Gasteiger partial charge in [-0.1, -0.05) is 35.9 Å². The highest BCUT2D eigenvalue weighted by molar-refractivity contribution is 6.30. The van der Waals surface area contributed by atoms with Crippen LogP contribution in [-0.2, 0) is 12.8 Å². The number of nitrogens with zero attached hydrogens (tertiary/aromatic N) is 2. The van der Waals surface area contributed by atoms with Gasteiger partial charge in [-0.2, -0.15) is 9.78 Å². The summed E-state index contributed by atoms with van der Waals surface area (Å²) >= 11 is 6.13. The summed E-state index contributed by atoms with van der Waals surface area (Å²) < 4.78 is 1.45. The molecule has 3 aromatic rings. The Hall–Kier alpha value is -2.39. The molecule has 0 saturated heterocycles.